The molecule has 0 atom stereocenters. The van der Waals surface area contributed by atoms with E-state index in [9.17, 15) is 36.6 Å². The van der Waals surface area contributed by atoms with Crippen LogP contribution in [0.4, 0.5) is 11.4 Å². The summed E-state index contributed by atoms with van der Waals surface area (Å²) in [6, 6.07) is 22.4. The first-order chi connectivity index (χ1) is 27.6. The molecule has 1 aliphatic carbocycles. The van der Waals surface area contributed by atoms with Crippen LogP contribution in [0.25, 0.3) is 11.4 Å². The zero-order valence-electron chi connectivity index (χ0n) is 30.1. The van der Waals surface area contributed by atoms with Crippen molar-refractivity contribution in [2.45, 2.75) is 47.8 Å². The summed E-state index contributed by atoms with van der Waals surface area (Å²) in [4.78, 5) is 24.0. The van der Waals surface area contributed by atoms with Gasteiger partial charge in [0.2, 0.25) is 0 Å². The van der Waals surface area contributed by atoms with E-state index in [4.69, 9.17) is 23.2 Å². The van der Waals surface area contributed by atoms with Crippen molar-refractivity contribution in [2.75, 3.05) is 9.44 Å². The Kier molecular flexibility index (Phi) is 11.6. The predicted molar refractivity (Wildman–Crippen MR) is 216 cm³/mol. The van der Waals surface area contributed by atoms with E-state index in [1.807, 2.05) is 0 Å². The van der Waals surface area contributed by atoms with Crippen LogP contribution in [-0.4, -0.2) is 70.6 Å². The van der Waals surface area contributed by atoms with Crippen molar-refractivity contribution in [1.82, 2.24) is 30.2 Å². The summed E-state index contributed by atoms with van der Waals surface area (Å²) < 4.78 is 60.1. The number of rotatable bonds is 16. The third-order valence-corrected chi connectivity index (χ3v) is 12.5. The number of aromatic nitrogens is 4. The molecule has 1 aliphatic rings. The van der Waals surface area contributed by atoms with Gasteiger partial charge in [-0.25, -0.2) is 35.8 Å². The number of hydrogen-bond donors (Lipinski definition) is 6. The molecule has 1 saturated carbocycles. The Hall–Kier alpha value is -5.76. The molecule has 0 saturated heterocycles. The molecule has 1 fully saturated rings. The molecule has 0 unspecified atom stereocenters. The second-order valence-electron chi connectivity index (χ2n) is 13.4. The monoisotopic (exact) mass is 864 g/mol. The number of anilines is 2. The minimum Gasteiger partial charge on any atom is -0.478 e. The smallest absolute Gasteiger partial charge is 0.337 e. The van der Waals surface area contributed by atoms with Crippen LogP contribution >= 0.6 is 23.2 Å². The maximum absolute atomic E-state index is 13.1. The first-order valence-corrected chi connectivity index (χ1v) is 21.2. The molecule has 6 N–H and O–H groups in total. The molecule has 0 bridgehead atoms. The van der Waals surface area contributed by atoms with Gasteiger partial charge in [-0.05, 0) is 96.8 Å². The summed E-state index contributed by atoms with van der Waals surface area (Å²) >= 11 is 11.9. The number of carboxylic acid groups (broad SMARTS) is 2. The standard InChI is InChI=1S/C38H34Cl2N8O8S2/c39-25-3-7-29(8-4-25)47-21-31(19-43-47)57(53,54)45-35-11-1-23(13-33(35)37(49)50)17-41-27-15-28(16-27)42-18-24-2-12-36(34(14-24)38(51)52)46-58(55,56)32-20-44-48(22-32)30-9-5-26(40)6-10-30/h1-14,19-22,27-28,41-42,45-46H,15-18H2,(H,49,50)(H,51,52)/t27-,28+. The average Bonchev–Trinajstić information content (AvgIpc) is 3.88. The van der Waals surface area contributed by atoms with Crippen LogP contribution in [0.15, 0.2) is 120 Å². The molecule has 0 amide bonds. The number of aromatic carboxylic acids is 2. The molecule has 7 rings (SSSR count). The molecule has 2 heterocycles. The Labute approximate surface area is 342 Å². The number of benzene rings is 4. The largest absolute Gasteiger partial charge is 0.478 e. The highest BCUT2D eigenvalue weighted by molar-refractivity contribution is 7.93. The van der Waals surface area contributed by atoms with Crippen LogP contribution in [0.1, 0.15) is 44.7 Å². The van der Waals surface area contributed by atoms with Crippen LogP contribution in [0.2, 0.25) is 10.0 Å². The molecule has 16 nitrogen and oxygen atoms in total. The highest BCUT2D eigenvalue weighted by Gasteiger charge is 2.29. The lowest BCUT2D eigenvalue weighted by Gasteiger charge is -2.37. The summed E-state index contributed by atoms with van der Waals surface area (Å²) in [6.45, 7) is 0.666. The third-order valence-electron chi connectivity index (χ3n) is 9.37. The predicted octanol–water partition coefficient (Wildman–Crippen LogP) is 5.77. The highest BCUT2D eigenvalue weighted by Crippen LogP contribution is 2.27. The van der Waals surface area contributed by atoms with Crippen molar-refractivity contribution in [3.63, 3.8) is 0 Å². The van der Waals surface area contributed by atoms with Crippen LogP contribution in [0.5, 0.6) is 0 Å². The van der Waals surface area contributed by atoms with Gasteiger partial charge in [0, 0.05) is 35.2 Å². The fraction of sp³-hybridized carbons (Fsp3) is 0.158. The van der Waals surface area contributed by atoms with Gasteiger partial charge in [-0.15, -0.1) is 0 Å². The number of carboxylic acids is 2. The summed E-state index contributed by atoms with van der Waals surface area (Å²) in [5.74, 6) is -2.61. The molecule has 6 aromatic rings. The van der Waals surface area contributed by atoms with Crippen molar-refractivity contribution in [1.29, 1.82) is 0 Å². The first-order valence-electron chi connectivity index (χ1n) is 17.5. The molecular weight excluding hydrogens is 832 g/mol. The Morgan fingerprint density at radius 2 is 1.00 bits per heavy atom. The quantitative estimate of drug-likeness (QED) is 0.0682. The van der Waals surface area contributed by atoms with Crippen molar-refractivity contribution in [2.24, 2.45) is 0 Å². The molecule has 20 heteroatoms. The maximum Gasteiger partial charge on any atom is 0.337 e. The van der Waals surface area contributed by atoms with Gasteiger partial charge >= 0.3 is 11.9 Å². The summed E-state index contributed by atoms with van der Waals surface area (Å²) in [5, 5.41) is 35.8. The van der Waals surface area contributed by atoms with Crippen LogP contribution < -0.4 is 20.1 Å². The second-order valence-corrected chi connectivity index (χ2v) is 17.6. The Balaban J connectivity index is 0.906. The lowest BCUT2D eigenvalue weighted by molar-refractivity contribution is 0.0687. The normalized spacial score (nSPS) is 15.4. The third kappa shape index (κ3) is 9.33. The van der Waals surface area contributed by atoms with Gasteiger partial charge in [-0.3, -0.25) is 9.44 Å². The van der Waals surface area contributed by atoms with Crippen molar-refractivity contribution in [3.8, 4) is 11.4 Å². The fourth-order valence-corrected chi connectivity index (χ4v) is 8.45. The first kappa shape index (κ1) is 40.4. The maximum atomic E-state index is 13.1. The van der Waals surface area contributed by atoms with Gasteiger partial charge in [0.25, 0.3) is 20.0 Å². The van der Waals surface area contributed by atoms with E-state index in [2.05, 4.69) is 30.3 Å². The van der Waals surface area contributed by atoms with E-state index in [0.29, 0.717) is 45.6 Å². The summed E-state index contributed by atoms with van der Waals surface area (Å²) in [5.41, 5.74) is 1.83. The van der Waals surface area contributed by atoms with Crippen LogP contribution in [0, 0.1) is 0 Å². The van der Waals surface area contributed by atoms with E-state index in [1.165, 1.54) is 46.0 Å². The zero-order chi connectivity index (χ0) is 41.2. The average molecular weight is 866 g/mol. The Morgan fingerprint density at radius 1 is 0.621 bits per heavy atom. The fourth-order valence-electron chi connectivity index (χ4n) is 6.18. The number of carbonyl (C=O) groups is 2. The highest BCUT2D eigenvalue weighted by atomic mass is 35.5. The number of hydrogen-bond acceptors (Lipinski definition) is 10. The minimum atomic E-state index is -4.17. The molecule has 0 spiro atoms. The van der Waals surface area contributed by atoms with Gasteiger partial charge in [0.15, 0.2) is 0 Å². The number of sulfonamides is 2. The number of nitrogens with one attached hydrogen (secondary N) is 4. The molecule has 0 radical (unpaired) electrons. The summed E-state index contributed by atoms with van der Waals surface area (Å²) in [7, 11) is -8.35. The van der Waals surface area contributed by atoms with Crippen molar-refractivity contribution >= 4 is 66.6 Å². The summed E-state index contributed by atoms with van der Waals surface area (Å²) in [6.07, 6.45) is 6.42. The topological polar surface area (TPSA) is 227 Å². The zero-order valence-corrected chi connectivity index (χ0v) is 33.2. The van der Waals surface area contributed by atoms with Gasteiger partial charge in [-0.2, -0.15) is 10.2 Å². The van der Waals surface area contributed by atoms with E-state index < -0.39 is 32.0 Å². The number of halogens is 2. The van der Waals surface area contributed by atoms with Gasteiger partial charge in [0.1, 0.15) is 9.79 Å². The SMILES string of the molecule is O=C(O)c1cc(CN[C@H]2C[C@@H](NCc3ccc(NS(=O)(=O)c4cnn(-c5ccc(Cl)cc5)c4)c(C(=O)O)c3)C2)ccc1NS(=O)(=O)c1cnn(-c2ccc(Cl)cc2)c1. The molecular formula is C38H34Cl2N8O8S2. The van der Waals surface area contributed by atoms with Crippen LogP contribution in [-0.2, 0) is 33.1 Å². The van der Waals surface area contributed by atoms with Crippen LogP contribution in [0.3, 0.4) is 0 Å². The van der Waals surface area contributed by atoms with Gasteiger partial charge in [0.05, 0.1) is 58.7 Å². The van der Waals surface area contributed by atoms with E-state index in [1.54, 1.807) is 60.7 Å². The van der Waals surface area contributed by atoms with Crippen molar-refractivity contribution in [3.05, 3.63) is 142 Å². The lowest BCUT2D eigenvalue weighted by Crippen LogP contribution is -2.50. The van der Waals surface area contributed by atoms with E-state index in [0.717, 1.165) is 25.2 Å². The van der Waals surface area contributed by atoms with E-state index >= 15 is 0 Å². The number of nitrogens with zero attached hydrogens (tertiary/aromatic N) is 4. The van der Waals surface area contributed by atoms with Gasteiger partial charge < -0.3 is 20.8 Å². The lowest BCUT2D eigenvalue weighted by atomic mass is 9.86. The van der Waals surface area contributed by atoms with E-state index in [-0.39, 0.29) is 44.4 Å². The van der Waals surface area contributed by atoms with Gasteiger partial charge in [-0.1, -0.05) is 35.3 Å². The molecule has 58 heavy (non-hydrogen) atoms. The Morgan fingerprint density at radius 3 is 1.36 bits per heavy atom. The molecule has 4 aromatic carbocycles. The molecule has 0 aliphatic heterocycles. The molecule has 300 valence electrons. The van der Waals surface area contributed by atoms with Crippen molar-refractivity contribution < 1.29 is 36.6 Å². The minimum absolute atomic E-state index is 0.0952. The second kappa shape index (κ2) is 16.6. The Bertz CT molecular complexity index is 2530. The molecule has 2 aromatic heterocycles.